The highest BCUT2D eigenvalue weighted by atomic mass is 16.5. The van der Waals surface area contributed by atoms with E-state index in [-0.39, 0.29) is 12.0 Å². The van der Waals surface area contributed by atoms with Crippen molar-refractivity contribution in [1.29, 1.82) is 5.26 Å². The minimum atomic E-state index is -0.380. The molecule has 1 amide bonds. The Balaban J connectivity index is 1.58. The van der Waals surface area contributed by atoms with Gasteiger partial charge in [-0.2, -0.15) is 5.26 Å². The minimum Gasteiger partial charge on any atom is -0.480 e. The first-order valence-corrected chi connectivity index (χ1v) is 6.90. The maximum Gasteiger partial charge on any atom is 0.264 e. The molecule has 0 saturated carbocycles. The molecule has 2 heterocycles. The van der Waals surface area contributed by atoms with Crippen LogP contribution in [-0.4, -0.2) is 54.5 Å². The van der Waals surface area contributed by atoms with Gasteiger partial charge >= 0.3 is 0 Å². The van der Waals surface area contributed by atoms with Gasteiger partial charge in [0.1, 0.15) is 5.75 Å². The van der Waals surface area contributed by atoms with Crippen molar-refractivity contribution in [2.24, 2.45) is 0 Å². The molecule has 20 heavy (non-hydrogen) atoms. The van der Waals surface area contributed by atoms with Gasteiger partial charge in [-0.1, -0.05) is 18.2 Å². The molecule has 0 aliphatic carbocycles. The summed E-state index contributed by atoms with van der Waals surface area (Å²) in [7, 11) is 0. The number of carbonyl (C=O) groups excluding carboxylic acids is 1. The summed E-state index contributed by atoms with van der Waals surface area (Å²) >= 11 is 0. The quantitative estimate of drug-likeness (QED) is 0.741. The maximum atomic E-state index is 12.5. The predicted molar refractivity (Wildman–Crippen MR) is 73.2 cm³/mol. The number of amides is 1. The smallest absolute Gasteiger partial charge is 0.264 e. The molecule has 0 bridgehead atoms. The Labute approximate surface area is 118 Å². The summed E-state index contributed by atoms with van der Waals surface area (Å²) in [6, 6.07) is 9.95. The first-order chi connectivity index (χ1) is 9.78. The van der Waals surface area contributed by atoms with Gasteiger partial charge in [0.2, 0.25) is 0 Å². The van der Waals surface area contributed by atoms with E-state index >= 15 is 0 Å². The van der Waals surface area contributed by atoms with Gasteiger partial charge < -0.3 is 9.64 Å². The van der Waals surface area contributed by atoms with Crippen LogP contribution in [0.3, 0.4) is 0 Å². The lowest BCUT2D eigenvalue weighted by molar-refractivity contribution is -0.139. The lowest BCUT2D eigenvalue weighted by Crippen LogP contribution is -2.52. The largest absolute Gasteiger partial charge is 0.480 e. The summed E-state index contributed by atoms with van der Waals surface area (Å²) in [5.74, 6) is 0.895. The average molecular weight is 271 g/mol. The van der Waals surface area contributed by atoms with E-state index in [2.05, 4.69) is 11.0 Å². The van der Waals surface area contributed by atoms with Crippen LogP contribution < -0.4 is 4.74 Å². The van der Waals surface area contributed by atoms with Gasteiger partial charge in [-0.3, -0.25) is 9.69 Å². The first kappa shape index (κ1) is 12.9. The second kappa shape index (κ2) is 5.51. The Hall–Kier alpha value is -2.06. The highest BCUT2D eigenvalue weighted by molar-refractivity contribution is 5.82. The first-order valence-electron chi connectivity index (χ1n) is 6.90. The molecule has 1 unspecified atom stereocenters. The third kappa shape index (κ3) is 2.47. The molecule has 1 saturated heterocycles. The number of piperazine rings is 1. The van der Waals surface area contributed by atoms with Crippen molar-refractivity contribution in [1.82, 2.24) is 9.80 Å². The van der Waals surface area contributed by atoms with E-state index in [0.717, 1.165) is 24.4 Å². The van der Waals surface area contributed by atoms with Gasteiger partial charge in [-0.25, -0.2) is 0 Å². The summed E-state index contributed by atoms with van der Waals surface area (Å²) in [5, 5.41) is 8.67. The molecule has 1 aromatic rings. The highest BCUT2D eigenvalue weighted by Gasteiger charge is 2.33. The molecule has 1 fully saturated rings. The third-order valence-electron chi connectivity index (χ3n) is 3.90. The van der Waals surface area contributed by atoms with Crippen molar-refractivity contribution >= 4 is 5.91 Å². The van der Waals surface area contributed by atoms with Crippen molar-refractivity contribution in [2.45, 2.75) is 12.5 Å². The second-order valence-electron chi connectivity index (χ2n) is 5.18. The topological polar surface area (TPSA) is 56.6 Å². The standard InChI is InChI=1S/C15H17N3O2/c16-5-6-17-7-9-18(10-8-17)15(19)14-11-12-3-1-2-4-13(12)20-14/h1-4,14H,6-11H2. The number of hydrogen-bond acceptors (Lipinski definition) is 4. The van der Waals surface area contributed by atoms with Crippen molar-refractivity contribution in [3.63, 3.8) is 0 Å². The lowest BCUT2D eigenvalue weighted by Gasteiger charge is -2.34. The number of ether oxygens (including phenoxy) is 1. The molecule has 2 aliphatic heterocycles. The molecule has 0 aromatic heterocycles. The summed E-state index contributed by atoms with van der Waals surface area (Å²) in [6.07, 6.45) is 0.280. The van der Waals surface area contributed by atoms with Gasteiger partial charge in [0.05, 0.1) is 12.6 Å². The van der Waals surface area contributed by atoms with Crippen LogP contribution >= 0.6 is 0 Å². The second-order valence-corrected chi connectivity index (χ2v) is 5.18. The normalized spacial score (nSPS) is 21.9. The molecule has 104 valence electrons. The Morgan fingerprint density at radius 2 is 2.05 bits per heavy atom. The van der Waals surface area contributed by atoms with E-state index < -0.39 is 0 Å². The number of carbonyl (C=O) groups is 1. The lowest BCUT2D eigenvalue weighted by atomic mass is 10.1. The molecule has 5 heteroatoms. The maximum absolute atomic E-state index is 12.5. The summed E-state index contributed by atoms with van der Waals surface area (Å²) < 4.78 is 5.74. The Morgan fingerprint density at radius 1 is 1.30 bits per heavy atom. The Bertz CT molecular complexity index is 519. The van der Waals surface area contributed by atoms with Crippen LogP contribution in [0, 0.1) is 11.3 Å². The van der Waals surface area contributed by atoms with Crippen LogP contribution in [-0.2, 0) is 11.2 Å². The molecular formula is C15H17N3O2. The van der Waals surface area contributed by atoms with E-state index in [9.17, 15) is 4.79 Å². The number of nitriles is 1. The van der Waals surface area contributed by atoms with Gasteiger partial charge in [-0.05, 0) is 11.6 Å². The van der Waals surface area contributed by atoms with Crippen LogP contribution in [0.4, 0.5) is 0 Å². The Morgan fingerprint density at radius 3 is 2.75 bits per heavy atom. The molecule has 3 rings (SSSR count). The number of fused-ring (bicyclic) bond motifs is 1. The van der Waals surface area contributed by atoms with Crippen LogP contribution in [0.1, 0.15) is 5.56 Å². The fraction of sp³-hybridized carbons (Fsp3) is 0.467. The fourth-order valence-corrected chi connectivity index (χ4v) is 2.75. The predicted octanol–water partition coefficient (Wildman–Crippen LogP) is 0.658. The number of para-hydroxylation sites is 1. The SMILES string of the molecule is N#CCN1CCN(C(=O)C2Cc3ccccc3O2)CC1. The van der Waals surface area contributed by atoms with E-state index in [1.807, 2.05) is 29.2 Å². The van der Waals surface area contributed by atoms with Crippen molar-refractivity contribution in [3.8, 4) is 11.8 Å². The number of rotatable bonds is 2. The van der Waals surface area contributed by atoms with E-state index in [1.165, 1.54) is 0 Å². The van der Waals surface area contributed by atoms with Gasteiger partial charge in [0, 0.05) is 32.6 Å². The van der Waals surface area contributed by atoms with Crippen molar-refractivity contribution in [2.75, 3.05) is 32.7 Å². The molecule has 1 aromatic carbocycles. The van der Waals surface area contributed by atoms with Crippen LogP contribution in [0.5, 0.6) is 5.75 Å². The van der Waals surface area contributed by atoms with E-state index in [4.69, 9.17) is 10.00 Å². The van der Waals surface area contributed by atoms with E-state index in [1.54, 1.807) is 0 Å². The molecular weight excluding hydrogens is 254 g/mol. The number of benzene rings is 1. The minimum absolute atomic E-state index is 0.0674. The number of nitrogens with zero attached hydrogens (tertiary/aromatic N) is 3. The zero-order chi connectivity index (χ0) is 13.9. The third-order valence-corrected chi connectivity index (χ3v) is 3.90. The van der Waals surface area contributed by atoms with Crippen LogP contribution in [0.25, 0.3) is 0 Å². The van der Waals surface area contributed by atoms with Crippen LogP contribution in [0.2, 0.25) is 0 Å². The summed E-state index contributed by atoms with van der Waals surface area (Å²) in [4.78, 5) is 16.4. The van der Waals surface area contributed by atoms with Gasteiger partial charge in [0.15, 0.2) is 6.10 Å². The van der Waals surface area contributed by atoms with Crippen molar-refractivity contribution < 1.29 is 9.53 Å². The molecule has 1 atom stereocenters. The summed E-state index contributed by atoms with van der Waals surface area (Å²) in [6.45, 7) is 3.32. The van der Waals surface area contributed by atoms with Crippen molar-refractivity contribution in [3.05, 3.63) is 29.8 Å². The van der Waals surface area contributed by atoms with Gasteiger partial charge in [-0.15, -0.1) is 0 Å². The Kier molecular flexibility index (Phi) is 3.57. The zero-order valence-corrected chi connectivity index (χ0v) is 11.3. The van der Waals surface area contributed by atoms with E-state index in [0.29, 0.717) is 26.1 Å². The molecule has 0 N–H and O–H groups in total. The van der Waals surface area contributed by atoms with Gasteiger partial charge in [0.25, 0.3) is 5.91 Å². The zero-order valence-electron chi connectivity index (χ0n) is 11.3. The molecule has 0 radical (unpaired) electrons. The molecule has 5 nitrogen and oxygen atoms in total. The number of hydrogen-bond donors (Lipinski definition) is 0. The molecule has 0 spiro atoms. The highest BCUT2D eigenvalue weighted by Crippen LogP contribution is 2.29. The molecule has 2 aliphatic rings. The summed E-state index contributed by atoms with van der Waals surface area (Å²) in [5.41, 5.74) is 1.11. The van der Waals surface area contributed by atoms with Crippen LogP contribution in [0.15, 0.2) is 24.3 Å². The fourth-order valence-electron chi connectivity index (χ4n) is 2.75. The average Bonchev–Trinajstić information content (AvgIpc) is 2.91. The monoisotopic (exact) mass is 271 g/mol.